The van der Waals surface area contributed by atoms with E-state index in [4.69, 9.17) is 10.6 Å². The van der Waals surface area contributed by atoms with Gasteiger partial charge in [-0.05, 0) is 36.8 Å². The standard InChI is InChI=1S/C12H12FN3O/c1-8-6-12(15-7-11(8)16-14)17-10-4-2-9(13)3-5-10/h2-7,16H,14H2,1H3. The topological polar surface area (TPSA) is 60.2 Å². The summed E-state index contributed by atoms with van der Waals surface area (Å²) in [6.45, 7) is 1.88. The molecule has 0 aliphatic carbocycles. The van der Waals surface area contributed by atoms with E-state index >= 15 is 0 Å². The molecule has 0 spiro atoms. The maximum absolute atomic E-state index is 12.7. The molecule has 5 heteroatoms. The number of benzene rings is 1. The van der Waals surface area contributed by atoms with E-state index in [0.29, 0.717) is 11.6 Å². The molecular formula is C12H12FN3O. The highest BCUT2D eigenvalue weighted by molar-refractivity contribution is 5.49. The van der Waals surface area contributed by atoms with Crippen molar-refractivity contribution in [3.63, 3.8) is 0 Å². The molecule has 0 aliphatic heterocycles. The Morgan fingerprint density at radius 1 is 1.29 bits per heavy atom. The average Bonchev–Trinajstić information content (AvgIpc) is 2.32. The number of hydrogen-bond donors (Lipinski definition) is 2. The second-order valence-corrected chi connectivity index (χ2v) is 3.54. The molecule has 1 aromatic heterocycles. The predicted molar refractivity (Wildman–Crippen MR) is 63.3 cm³/mol. The van der Waals surface area contributed by atoms with Gasteiger partial charge in [-0.15, -0.1) is 0 Å². The summed E-state index contributed by atoms with van der Waals surface area (Å²) in [5, 5.41) is 0. The number of hydrazine groups is 1. The van der Waals surface area contributed by atoms with Crippen molar-refractivity contribution in [3.8, 4) is 11.6 Å². The number of nitrogens with zero attached hydrogens (tertiary/aromatic N) is 1. The summed E-state index contributed by atoms with van der Waals surface area (Å²) in [5.74, 6) is 5.97. The number of aromatic nitrogens is 1. The van der Waals surface area contributed by atoms with E-state index < -0.39 is 0 Å². The van der Waals surface area contributed by atoms with Crippen LogP contribution in [-0.4, -0.2) is 4.98 Å². The van der Waals surface area contributed by atoms with Crippen LogP contribution in [0, 0.1) is 12.7 Å². The predicted octanol–water partition coefficient (Wildman–Crippen LogP) is 2.61. The fourth-order valence-corrected chi connectivity index (χ4v) is 1.36. The van der Waals surface area contributed by atoms with Gasteiger partial charge < -0.3 is 10.2 Å². The highest BCUT2D eigenvalue weighted by Gasteiger charge is 2.02. The zero-order valence-corrected chi connectivity index (χ0v) is 9.27. The molecule has 2 aromatic rings. The van der Waals surface area contributed by atoms with E-state index in [-0.39, 0.29) is 5.82 Å². The summed E-state index contributed by atoms with van der Waals surface area (Å²) in [6, 6.07) is 7.50. The van der Waals surface area contributed by atoms with Crippen molar-refractivity contribution < 1.29 is 9.13 Å². The quantitative estimate of drug-likeness (QED) is 0.632. The van der Waals surface area contributed by atoms with E-state index in [1.165, 1.54) is 12.1 Å². The molecule has 0 bridgehead atoms. The lowest BCUT2D eigenvalue weighted by molar-refractivity contribution is 0.461. The molecule has 2 rings (SSSR count). The van der Waals surface area contributed by atoms with E-state index in [1.807, 2.05) is 6.92 Å². The van der Waals surface area contributed by atoms with E-state index in [0.717, 1.165) is 11.3 Å². The Balaban J connectivity index is 2.19. The van der Waals surface area contributed by atoms with Crippen molar-refractivity contribution >= 4 is 5.69 Å². The van der Waals surface area contributed by atoms with Crippen LogP contribution in [-0.2, 0) is 0 Å². The van der Waals surface area contributed by atoms with Gasteiger partial charge in [-0.25, -0.2) is 9.37 Å². The molecule has 0 radical (unpaired) electrons. The van der Waals surface area contributed by atoms with E-state index in [1.54, 1.807) is 24.4 Å². The summed E-state index contributed by atoms with van der Waals surface area (Å²) >= 11 is 0. The number of anilines is 1. The number of aryl methyl sites for hydroxylation is 1. The maximum Gasteiger partial charge on any atom is 0.219 e. The van der Waals surface area contributed by atoms with Gasteiger partial charge in [-0.2, -0.15) is 0 Å². The van der Waals surface area contributed by atoms with Crippen LogP contribution in [0.4, 0.5) is 10.1 Å². The largest absolute Gasteiger partial charge is 0.439 e. The molecule has 1 heterocycles. The third kappa shape index (κ3) is 2.70. The number of nitrogens with one attached hydrogen (secondary N) is 1. The van der Waals surface area contributed by atoms with Crippen molar-refractivity contribution in [2.75, 3.05) is 5.43 Å². The fourth-order valence-electron chi connectivity index (χ4n) is 1.36. The Bertz CT molecular complexity index is 514. The van der Waals surface area contributed by atoms with Crippen LogP contribution in [0.1, 0.15) is 5.56 Å². The molecule has 3 N–H and O–H groups in total. The fraction of sp³-hybridized carbons (Fsp3) is 0.0833. The number of rotatable bonds is 3. The third-order valence-corrected chi connectivity index (χ3v) is 2.28. The van der Waals surface area contributed by atoms with Crippen molar-refractivity contribution in [2.45, 2.75) is 6.92 Å². The average molecular weight is 233 g/mol. The number of pyridine rings is 1. The number of ether oxygens (including phenoxy) is 1. The minimum atomic E-state index is -0.302. The first kappa shape index (κ1) is 11.3. The molecule has 0 saturated heterocycles. The number of nitrogens with two attached hydrogens (primary N) is 1. The summed E-state index contributed by atoms with van der Waals surface area (Å²) in [4.78, 5) is 4.07. The summed E-state index contributed by atoms with van der Waals surface area (Å²) in [7, 11) is 0. The summed E-state index contributed by atoms with van der Waals surface area (Å²) in [5.41, 5.74) is 4.18. The zero-order valence-electron chi connectivity index (χ0n) is 9.27. The number of hydrogen-bond acceptors (Lipinski definition) is 4. The van der Waals surface area contributed by atoms with E-state index in [2.05, 4.69) is 10.4 Å². The maximum atomic E-state index is 12.7. The van der Waals surface area contributed by atoms with Gasteiger partial charge >= 0.3 is 0 Å². The Morgan fingerprint density at radius 3 is 2.59 bits per heavy atom. The minimum absolute atomic E-state index is 0.302. The Morgan fingerprint density at radius 2 is 2.00 bits per heavy atom. The monoisotopic (exact) mass is 233 g/mol. The van der Waals surface area contributed by atoms with Gasteiger partial charge in [0.15, 0.2) is 0 Å². The molecule has 0 fully saturated rings. The van der Waals surface area contributed by atoms with Gasteiger partial charge in [0, 0.05) is 6.07 Å². The van der Waals surface area contributed by atoms with Crippen LogP contribution in [0.3, 0.4) is 0 Å². The van der Waals surface area contributed by atoms with Crippen LogP contribution < -0.4 is 16.0 Å². The van der Waals surface area contributed by atoms with Crippen LogP contribution in [0.5, 0.6) is 11.6 Å². The van der Waals surface area contributed by atoms with Gasteiger partial charge in [0.05, 0.1) is 11.9 Å². The molecular weight excluding hydrogens is 221 g/mol. The van der Waals surface area contributed by atoms with Gasteiger partial charge in [-0.3, -0.25) is 5.84 Å². The lowest BCUT2D eigenvalue weighted by atomic mass is 10.2. The third-order valence-electron chi connectivity index (χ3n) is 2.28. The molecule has 1 aromatic carbocycles. The van der Waals surface area contributed by atoms with Crippen LogP contribution in [0.15, 0.2) is 36.5 Å². The second kappa shape index (κ2) is 4.80. The van der Waals surface area contributed by atoms with Gasteiger partial charge in [0.2, 0.25) is 5.88 Å². The van der Waals surface area contributed by atoms with E-state index in [9.17, 15) is 4.39 Å². The highest BCUT2D eigenvalue weighted by Crippen LogP contribution is 2.22. The smallest absolute Gasteiger partial charge is 0.219 e. The molecule has 0 aliphatic rings. The Labute approximate surface area is 98.2 Å². The first-order valence-corrected chi connectivity index (χ1v) is 5.06. The SMILES string of the molecule is Cc1cc(Oc2ccc(F)cc2)ncc1NN. The van der Waals surface area contributed by atoms with Crippen LogP contribution in [0.2, 0.25) is 0 Å². The first-order valence-electron chi connectivity index (χ1n) is 5.06. The van der Waals surface area contributed by atoms with Gasteiger partial charge in [0.1, 0.15) is 11.6 Å². The molecule has 0 atom stereocenters. The second-order valence-electron chi connectivity index (χ2n) is 3.54. The van der Waals surface area contributed by atoms with Crippen molar-refractivity contribution in [3.05, 3.63) is 47.9 Å². The zero-order chi connectivity index (χ0) is 12.3. The van der Waals surface area contributed by atoms with Crippen molar-refractivity contribution in [2.24, 2.45) is 5.84 Å². The first-order chi connectivity index (χ1) is 8.19. The molecule has 0 unspecified atom stereocenters. The number of nitrogen functional groups attached to an aromatic ring is 1. The molecule has 0 amide bonds. The minimum Gasteiger partial charge on any atom is -0.439 e. The normalized spacial score (nSPS) is 10.1. The van der Waals surface area contributed by atoms with Crippen molar-refractivity contribution in [1.29, 1.82) is 0 Å². The van der Waals surface area contributed by atoms with Gasteiger partial charge in [-0.1, -0.05) is 0 Å². The highest BCUT2D eigenvalue weighted by atomic mass is 19.1. The van der Waals surface area contributed by atoms with Gasteiger partial charge in [0.25, 0.3) is 0 Å². The van der Waals surface area contributed by atoms with Crippen LogP contribution >= 0.6 is 0 Å². The number of halogens is 1. The summed E-state index contributed by atoms with van der Waals surface area (Å²) in [6.07, 6.45) is 1.58. The molecule has 17 heavy (non-hydrogen) atoms. The Kier molecular flexibility index (Phi) is 3.20. The Hall–Kier alpha value is -2.14. The molecule has 4 nitrogen and oxygen atoms in total. The lowest BCUT2D eigenvalue weighted by Gasteiger charge is -2.08. The summed E-state index contributed by atoms with van der Waals surface area (Å²) < 4.78 is 18.2. The van der Waals surface area contributed by atoms with Crippen molar-refractivity contribution in [1.82, 2.24) is 4.98 Å². The molecule has 88 valence electrons. The lowest BCUT2D eigenvalue weighted by Crippen LogP contribution is -2.08. The van der Waals surface area contributed by atoms with Crippen LogP contribution in [0.25, 0.3) is 0 Å². The molecule has 0 saturated carbocycles.